The molecule has 0 saturated heterocycles. The molecule has 0 amide bonds. The van der Waals surface area contributed by atoms with Gasteiger partial charge in [0.05, 0.1) is 0 Å². The number of hydrogen-bond acceptors (Lipinski definition) is 4. The number of nitrogens with zero attached hydrogens (tertiary/aromatic N) is 2. The molecule has 0 fully saturated rings. The van der Waals surface area contributed by atoms with E-state index in [2.05, 4.69) is 10.2 Å². The zero-order valence-electron chi connectivity index (χ0n) is 6.06. The Hall–Kier alpha value is -1.65. The number of anilines is 1. The minimum Gasteiger partial charge on any atom is -0.481 e. The minimum absolute atomic E-state index is 0.461. The first-order valence-corrected chi connectivity index (χ1v) is 2.85. The van der Waals surface area contributed by atoms with Crippen LogP contribution in [0, 0.1) is 0 Å². The molecule has 5 nitrogen and oxygen atoms in total. The first-order valence-electron chi connectivity index (χ1n) is 2.85. The standard InChI is InChI=1S/C4H5N3.C2H4O2/c5-4-2-1-3-6-7-4;1-2(3)4/h1-3H,(H2,5,7);1H3,(H,3,4). The summed E-state index contributed by atoms with van der Waals surface area (Å²) in [7, 11) is 0. The molecule has 1 rings (SSSR count). The molecule has 0 aromatic carbocycles. The molecular formula is C6H9N3O2. The van der Waals surface area contributed by atoms with E-state index in [9.17, 15) is 0 Å². The predicted molar refractivity (Wildman–Crippen MR) is 39.8 cm³/mol. The zero-order chi connectivity index (χ0) is 8.69. The molecule has 0 unspecified atom stereocenters. The van der Waals surface area contributed by atoms with E-state index >= 15 is 0 Å². The van der Waals surface area contributed by atoms with Gasteiger partial charge >= 0.3 is 0 Å². The zero-order valence-corrected chi connectivity index (χ0v) is 6.06. The number of nitrogen functional groups attached to an aromatic ring is 1. The fourth-order valence-corrected chi connectivity index (χ4v) is 0.313. The van der Waals surface area contributed by atoms with Crippen molar-refractivity contribution in [1.82, 2.24) is 10.2 Å². The molecule has 5 heteroatoms. The van der Waals surface area contributed by atoms with Gasteiger partial charge in [-0.3, -0.25) is 4.79 Å². The third kappa shape index (κ3) is 8.35. The van der Waals surface area contributed by atoms with Gasteiger partial charge in [-0.2, -0.15) is 5.10 Å². The van der Waals surface area contributed by atoms with Crippen molar-refractivity contribution < 1.29 is 9.90 Å². The van der Waals surface area contributed by atoms with Crippen molar-refractivity contribution in [3.8, 4) is 0 Å². The van der Waals surface area contributed by atoms with Crippen molar-refractivity contribution in [2.75, 3.05) is 5.73 Å². The Labute approximate surface area is 63.9 Å². The van der Waals surface area contributed by atoms with Crippen LogP contribution in [0.15, 0.2) is 18.3 Å². The lowest BCUT2D eigenvalue weighted by Crippen LogP contribution is -1.88. The van der Waals surface area contributed by atoms with E-state index in [1.54, 1.807) is 18.3 Å². The SMILES string of the molecule is CC(=O)O.Nc1cccnn1. The number of rotatable bonds is 0. The lowest BCUT2D eigenvalue weighted by molar-refractivity contribution is -0.134. The molecule has 0 atom stereocenters. The first-order chi connectivity index (χ1) is 5.13. The van der Waals surface area contributed by atoms with Crippen LogP contribution in [0.5, 0.6) is 0 Å². The summed E-state index contributed by atoms with van der Waals surface area (Å²) < 4.78 is 0. The van der Waals surface area contributed by atoms with E-state index in [1.807, 2.05) is 0 Å². The Bertz CT molecular complexity index is 208. The Morgan fingerprint density at radius 1 is 1.73 bits per heavy atom. The number of carboxylic acid groups (broad SMARTS) is 1. The Morgan fingerprint density at radius 3 is 2.45 bits per heavy atom. The fraction of sp³-hybridized carbons (Fsp3) is 0.167. The van der Waals surface area contributed by atoms with Crippen LogP contribution in [0.3, 0.4) is 0 Å². The number of hydrogen-bond donors (Lipinski definition) is 2. The number of nitrogens with two attached hydrogens (primary N) is 1. The molecule has 0 spiro atoms. The van der Waals surface area contributed by atoms with Gasteiger partial charge in [0.1, 0.15) is 5.82 Å². The lowest BCUT2D eigenvalue weighted by atomic mass is 10.6. The Morgan fingerprint density at radius 2 is 2.27 bits per heavy atom. The van der Waals surface area contributed by atoms with Gasteiger partial charge in [0.15, 0.2) is 0 Å². The number of carboxylic acids is 1. The van der Waals surface area contributed by atoms with Gasteiger partial charge in [0.2, 0.25) is 0 Å². The number of carbonyl (C=O) groups is 1. The molecule has 0 aliphatic rings. The van der Waals surface area contributed by atoms with Crippen LogP contribution >= 0.6 is 0 Å². The van der Waals surface area contributed by atoms with E-state index in [4.69, 9.17) is 15.6 Å². The normalized spacial score (nSPS) is 7.73. The van der Waals surface area contributed by atoms with Crippen LogP contribution < -0.4 is 5.73 Å². The molecule has 1 aromatic rings. The Kier molecular flexibility index (Phi) is 4.39. The van der Waals surface area contributed by atoms with Gasteiger partial charge in [-0.1, -0.05) is 0 Å². The summed E-state index contributed by atoms with van der Waals surface area (Å²) in [5.74, 6) is -0.373. The molecule has 1 heterocycles. The highest BCUT2D eigenvalue weighted by atomic mass is 16.4. The van der Waals surface area contributed by atoms with Crippen molar-refractivity contribution in [2.24, 2.45) is 0 Å². The quantitative estimate of drug-likeness (QED) is 0.556. The molecule has 0 bridgehead atoms. The second-order valence-electron chi connectivity index (χ2n) is 1.67. The summed E-state index contributed by atoms with van der Waals surface area (Å²) in [5, 5.41) is 14.4. The maximum Gasteiger partial charge on any atom is 0.300 e. The highest BCUT2D eigenvalue weighted by Gasteiger charge is 1.75. The highest BCUT2D eigenvalue weighted by Crippen LogP contribution is 1.86. The first kappa shape index (κ1) is 9.35. The van der Waals surface area contributed by atoms with Crippen LogP contribution in [-0.4, -0.2) is 21.3 Å². The van der Waals surface area contributed by atoms with Gasteiger partial charge in [-0.05, 0) is 12.1 Å². The monoisotopic (exact) mass is 155 g/mol. The van der Waals surface area contributed by atoms with Crippen LogP contribution in [0.1, 0.15) is 6.92 Å². The molecular weight excluding hydrogens is 146 g/mol. The maximum atomic E-state index is 9.00. The van der Waals surface area contributed by atoms with Gasteiger partial charge in [0, 0.05) is 13.1 Å². The average Bonchev–Trinajstić information content (AvgIpc) is 1.87. The predicted octanol–water partition coefficient (Wildman–Crippen LogP) is 0.150. The molecule has 0 saturated carbocycles. The van der Waals surface area contributed by atoms with E-state index in [-0.39, 0.29) is 0 Å². The molecule has 1 aromatic heterocycles. The van der Waals surface area contributed by atoms with E-state index in [0.717, 1.165) is 6.92 Å². The van der Waals surface area contributed by atoms with Gasteiger partial charge in [-0.15, -0.1) is 5.10 Å². The van der Waals surface area contributed by atoms with Crippen molar-refractivity contribution in [1.29, 1.82) is 0 Å². The third-order valence-electron chi connectivity index (χ3n) is 0.593. The van der Waals surface area contributed by atoms with Crippen molar-refractivity contribution in [3.05, 3.63) is 18.3 Å². The summed E-state index contributed by atoms with van der Waals surface area (Å²) in [6.45, 7) is 1.08. The largest absolute Gasteiger partial charge is 0.481 e. The topological polar surface area (TPSA) is 89.1 Å². The van der Waals surface area contributed by atoms with E-state index in [1.165, 1.54) is 0 Å². The van der Waals surface area contributed by atoms with Gasteiger partial charge in [0.25, 0.3) is 5.97 Å². The molecule has 60 valence electrons. The van der Waals surface area contributed by atoms with Crippen LogP contribution in [0.4, 0.5) is 5.82 Å². The fourth-order valence-electron chi connectivity index (χ4n) is 0.313. The minimum atomic E-state index is -0.833. The molecule has 3 N–H and O–H groups in total. The summed E-state index contributed by atoms with van der Waals surface area (Å²) in [6, 6.07) is 3.43. The number of aromatic nitrogens is 2. The maximum absolute atomic E-state index is 9.00. The number of aliphatic carboxylic acids is 1. The molecule has 0 radical (unpaired) electrons. The molecule has 0 aliphatic heterocycles. The van der Waals surface area contributed by atoms with Gasteiger partial charge in [-0.25, -0.2) is 0 Å². The second kappa shape index (κ2) is 5.16. The molecule has 11 heavy (non-hydrogen) atoms. The van der Waals surface area contributed by atoms with Crippen molar-refractivity contribution in [2.45, 2.75) is 6.92 Å². The summed E-state index contributed by atoms with van der Waals surface area (Å²) in [5.41, 5.74) is 5.18. The highest BCUT2D eigenvalue weighted by molar-refractivity contribution is 5.62. The van der Waals surface area contributed by atoms with Crippen LogP contribution in [0.25, 0.3) is 0 Å². The van der Waals surface area contributed by atoms with Gasteiger partial charge < -0.3 is 10.8 Å². The summed E-state index contributed by atoms with van der Waals surface area (Å²) >= 11 is 0. The van der Waals surface area contributed by atoms with Crippen molar-refractivity contribution in [3.63, 3.8) is 0 Å². The van der Waals surface area contributed by atoms with Crippen molar-refractivity contribution >= 4 is 11.8 Å². The summed E-state index contributed by atoms with van der Waals surface area (Å²) in [6.07, 6.45) is 1.58. The molecule has 0 aliphatic carbocycles. The summed E-state index contributed by atoms with van der Waals surface area (Å²) in [4.78, 5) is 9.00. The van der Waals surface area contributed by atoms with E-state index in [0.29, 0.717) is 5.82 Å². The smallest absolute Gasteiger partial charge is 0.300 e. The van der Waals surface area contributed by atoms with E-state index < -0.39 is 5.97 Å². The second-order valence-corrected chi connectivity index (χ2v) is 1.67. The average molecular weight is 155 g/mol. The Balaban J connectivity index is 0.000000218. The third-order valence-corrected chi connectivity index (χ3v) is 0.593. The lowest BCUT2D eigenvalue weighted by Gasteiger charge is -1.81. The van der Waals surface area contributed by atoms with Crippen LogP contribution in [0.2, 0.25) is 0 Å². The van der Waals surface area contributed by atoms with Crippen LogP contribution in [-0.2, 0) is 4.79 Å².